The maximum absolute atomic E-state index is 13.5. The minimum atomic E-state index is -0.389. The summed E-state index contributed by atoms with van der Waals surface area (Å²) < 4.78 is 5.65. The standard InChI is InChI=1S/C23H39N5O3/c1-15(24-3)22(29)25-19-7-5-6-18-12-17-8-10-27(13-21(17)28(18)23(19)30)11-9-20-16(2)31-14-26(20)4/h15,17-19,21,24H,5-14H2,1-4H3,(H,25,29)/t15-,17+,18-,19-,21+/m0/s1. The highest BCUT2D eigenvalue weighted by atomic mass is 16.5. The van der Waals surface area contributed by atoms with Crippen LogP contribution in [0.4, 0.5) is 0 Å². The van der Waals surface area contributed by atoms with E-state index in [0.717, 1.165) is 63.9 Å². The minimum Gasteiger partial charge on any atom is -0.476 e. The molecular formula is C23H39N5O3. The van der Waals surface area contributed by atoms with E-state index in [-0.39, 0.29) is 29.9 Å². The van der Waals surface area contributed by atoms with E-state index in [9.17, 15) is 9.59 Å². The maximum Gasteiger partial charge on any atom is 0.245 e. The molecule has 31 heavy (non-hydrogen) atoms. The van der Waals surface area contributed by atoms with Crippen LogP contribution in [0.1, 0.15) is 52.4 Å². The third-order valence-corrected chi connectivity index (χ3v) is 7.86. The second-order valence-corrected chi connectivity index (χ2v) is 9.78. The van der Waals surface area contributed by atoms with Crippen LogP contribution in [0.2, 0.25) is 0 Å². The summed E-state index contributed by atoms with van der Waals surface area (Å²) in [5.41, 5.74) is 1.29. The van der Waals surface area contributed by atoms with Crippen LogP contribution in [0.3, 0.4) is 0 Å². The first kappa shape index (κ1) is 22.4. The Kier molecular flexibility index (Phi) is 6.77. The Balaban J connectivity index is 1.40. The topological polar surface area (TPSA) is 77.2 Å². The number of hydrogen-bond acceptors (Lipinski definition) is 6. The number of nitrogens with one attached hydrogen (secondary N) is 2. The van der Waals surface area contributed by atoms with Gasteiger partial charge in [0.05, 0.1) is 11.7 Å². The van der Waals surface area contributed by atoms with Crippen molar-refractivity contribution in [3.8, 4) is 0 Å². The highest BCUT2D eigenvalue weighted by molar-refractivity contribution is 5.90. The number of likely N-dealkylation sites (tertiary alicyclic amines) is 1. The van der Waals surface area contributed by atoms with Crippen LogP contribution in [-0.2, 0) is 14.3 Å². The quantitative estimate of drug-likeness (QED) is 0.653. The highest BCUT2D eigenvalue weighted by Crippen LogP contribution is 2.40. The third kappa shape index (κ3) is 4.55. The SMILES string of the molecule is CN[C@@H](C)C(=O)N[C@H]1CCC[C@H]2C[C@H]3CCN(CCC4=C(C)OCN4C)C[C@H]3N2C1=O. The van der Waals surface area contributed by atoms with E-state index < -0.39 is 0 Å². The number of hydrogen-bond donors (Lipinski definition) is 2. The number of fused-ring (bicyclic) bond motifs is 3. The summed E-state index contributed by atoms with van der Waals surface area (Å²) in [4.78, 5) is 32.8. The van der Waals surface area contributed by atoms with Gasteiger partial charge in [-0.3, -0.25) is 9.59 Å². The molecule has 5 atom stereocenters. The van der Waals surface area contributed by atoms with Crippen molar-refractivity contribution < 1.29 is 14.3 Å². The zero-order chi connectivity index (χ0) is 22.1. The molecule has 0 spiro atoms. The molecule has 0 unspecified atom stereocenters. The predicted octanol–water partition coefficient (Wildman–Crippen LogP) is 1.10. The molecule has 3 saturated heterocycles. The maximum atomic E-state index is 13.5. The lowest BCUT2D eigenvalue weighted by atomic mass is 9.90. The number of rotatable bonds is 6. The lowest BCUT2D eigenvalue weighted by Gasteiger charge is -2.40. The van der Waals surface area contributed by atoms with Gasteiger partial charge in [0, 0.05) is 38.6 Å². The molecule has 0 radical (unpaired) electrons. The molecule has 8 heteroatoms. The number of carbonyl (C=O) groups is 2. The van der Waals surface area contributed by atoms with E-state index in [1.165, 1.54) is 5.70 Å². The number of carbonyl (C=O) groups excluding carboxylic acids is 2. The average molecular weight is 434 g/mol. The van der Waals surface area contributed by atoms with Crippen molar-refractivity contribution in [2.45, 2.75) is 76.5 Å². The lowest BCUT2D eigenvalue weighted by molar-refractivity contribution is -0.139. The van der Waals surface area contributed by atoms with Crippen LogP contribution in [0.5, 0.6) is 0 Å². The van der Waals surface area contributed by atoms with Gasteiger partial charge in [0.1, 0.15) is 11.8 Å². The van der Waals surface area contributed by atoms with Gasteiger partial charge in [-0.1, -0.05) is 0 Å². The number of amides is 2. The smallest absolute Gasteiger partial charge is 0.245 e. The fraction of sp³-hybridized carbons (Fsp3) is 0.826. The molecule has 2 amide bonds. The summed E-state index contributed by atoms with van der Waals surface area (Å²) >= 11 is 0. The Hall–Kier alpha value is -1.80. The van der Waals surface area contributed by atoms with E-state index in [4.69, 9.17) is 4.74 Å². The van der Waals surface area contributed by atoms with Gasteiger partial charge in [0.15, 0.2) is 6.73 Å². The van der Waals surface area contributed by atoms with E-state index in [1.807, 2.05) is 13.8 Å². The van der Waals surface area contributed by atoms with Gasteiger partial charge in [-0.15, -0.1) is 0 Å². The van der Waals surface area contributed by atoms with Crippen LogP contribution < -0.4 is 10.6 Å². The minimum absolute atomic E-state index is 0.0909. The summed E-state index contributed by atoms with van der Waals surface area (Å²) in [6.07, 6.45) is 6.06. The first-order chi connectivity index (χ1) is 14.9. The van der Waals surface area contributed by atoms with E-state index in [2.05, 4.69) is 32.4 Å². The summed E-state index contributed by atoms with van der Waals surface area (Å²) in [6.45, 7) is 7.56. The first-order valence-corrected chi connectivity index (χ1v) is 11.9. The lowest BCUT2D eigenvalue weighted by Crippen LogP contribution is -2.57. The molecule has 2 N–H and O–H groups in total. The molecule has 4 aliphatic heterocycles. The Labute approximate surface area is 186 Å². The molecule has 0 bridgehead atoms. The molecule has 0 aromatic rings. The van der Waals surface area contributed by atoms with Crippen LogP contribution in [0.15, 0.2) is 11.5 Å². The first-order valence-electron chi connectivity index (χ1n) is 11.9. The van der Waals surface area contributed by atoms with Crippen molar-refractivity contribution in [2.24, 2.45) is 5.92 Å². The van der Waals surface area contributed by atoms with Gasteiger partial charge in [-0.05, 0) is 65.5 Å². The Morgan fingerprint density at radius 1 is 1.29 bits per heavy atom. The van der Waals surface area contributed by atoms with Gasteiger partial charge < -0.3 is 30.1 Å². The molecule has 4 aliphatic rings. The molecule has 0 aliphatic carbocycles. The zero-order valence-electron chi connectivity index (χ0n) is 19.5. The van der Waals surface area contributed by atoms with Crippen LogP contribution in [0, 0.1) is 5.92 Å². The van der Waals surface area contributed by atoms with E-state index in [0.29, 0.717) is 18.7 Å². The van der Waals surface area contributed by atoms with Crippen molar-refractivity contribution in [1.82, 2.24) is 25.3 Å². The predicted molar refractivity (Wildman–Crippen MR) is 119 cm³/mol. The molecular weight excluding hydrogens is 394 g/mol. The number of allylic oxidation sites excluding steroid dienone is 1. The fourth-order valence-corrected chi connectivity index (χ4v) is 5.85. The molecule has 4 rings (SSSR count). The van der Waals surface area contributed by atoms with Gasteiger partial charge in [-0.25, -0.2) is 0 Å². The summed E-state index contributed by atoms with van der Waals surface area (Å²) in [5, 5.41) is 5.98. The second-order valence-electron chi connectivity index (χ2n) is 9.78. The van der Waals surface area contributed by atoms with Crippen LogP contribution >= 0.6 is 0 Å². The number of ether oxygens (including phenoxy) is 1. The van der Waals surface area contributed by atoms with Gasteiger partial charge in [0.2, 0.25) is 11.8 Å². The van der Waals surface area contributed by atoms with Crippen molar-refractivity contribution in [3.63, 3.8) is 0 Å². The zero-order valence-corrected chi connectivity index (χ0v) is 19.5. The molecule has 4 heterocycles. The Morgan fingerprint density at radius 2 is 2.10 bits per heavy atom. The Morgan fingerprint density at radius 3 is 2.81 bits per heavy atom. The molecule has 174 valence electrons. The number of likely N-dealkylation sites (N-methyl/N-ethyl adjacent to an activating group) is 1. The Bertz CT molecular complexity index is 726. The largest absolute Gasteiger partial charge is 0.476 e. The fourth-order valence-electron chi connectivity index (χ4n) is 5.85. The molecule has 8 nitrogen and oxygen atoms in total. The second kappa shape index (κ2) is 9.36. The summed E-state index contributed by atoms with van der Waals surface area (Å²) in [7, 11) is 3.85. The molecule has 3 fully saturated rings. The van der Waals surface area contributed by atoms with Crippen molar-refractivity contribution >= 4 is 11.8 Å². The van der Waals surface area contributed by atoms with E-state index in [1.54, 1.807) is 7.05 Å². The average Bonchev–Trinajstić information content (AvgIpc) is 3.23. The van der Waals surface area contributed by atoms with Crippen molar-refractivity contribution in [3.05, 3.63) is 11.5 Å². The molecule has 0 aromatic carbocycles. The van der Waals surface area contributed by atoms with Crippen LogP contribution in [0.25, 0.3) is 0 Å². The number of nitrogens with zero attached hydrogens (tertiary/aromatic N) is 3. The van der Waals surface area contributed by atoms with E-state index >= 15 is 0 Å². The summed E-state index contributed by atoms with van der Waals surface area (Å²) in [6, 6.07) is -0.0677. The van der Waals surface area contributed by atoms with Gasteiger partial charge in [-0.2, -0.15) is 0 Å². The normalized spacial score (nSPS) is 32.5. The van der Waals surface area contributed by atoms with Gasteiger partial charge in [0.25, 0.3) is 0 Å². The monoisotopic (exact) mass is 433 g/mol. The molecule has 0 saturated carbocycles. The van der Waals surface area contributed by atoms with Gasteiger partial charge >= 0.3 is 0 Å². The summed E-state index contributed by atoms with van der Waals surface area (Å²) in [5.74, 6) is 1.67. The van der Waals surface area contributed by atoms with Crippen molar-refractivity contribution in [2.75, 3.05) is 40.5 Å². The van der Waals surface area contributed by atoms with Crippen molar-refractivity contribution in [1.29, 1.82) is 0 Å². The molecule has 0 aromatic heterocycles. The number of piperidine rings is 1. The third-order valence-electron chi connectivity index (χ3n) is 7.86. The van der Waals surface area contributed by atoms with Crippen LogP contribution in [-0.4, -0.2) is 91.1 Å². The highest BCUT2D eigenvalue weighted by Gasteiger charge is 2.48.